The molecule has 2 N–H and O–H groups in total. The molecule has 1 aromatic rings. The SMILES string of the molecule is OC(O)Cc1cncnc1. The van der Waals surface area contributed by atoms with Crippen LogP contribution in [0.3, 0.4) is 0 Å². The largest absolute Gasteiger partial charge is 0.368 e. The lowest BCUT2D eigenvalue weighted by molar-refractivity contribution is -0.0382. The van der Waals surface area contributed by atoms with Gasteiger partial charge in [-0.25, -0.2) is 9.97 Å². The Morgan fingerprint density at radius 2 is 1.90 bits per heavy atom. The molecule has 0 aliphatic heterocycles. The Morgan fingerprint density at radius 1 is 1.30 bits per heavy atom. The zero-order valence-corrected chi connectivity index (χ0v) is 5.31. The fourth-order valence-corrected chi connectivity index (χ4v) is 0.646. The van der Waals surface area contributed by atoms with Gasteiger partial charge in [-0.1, -0.05) is 0 Å². The summed E-state index contributed by atoms with van der Waals surface area (Å²) in [5.41, 5.74) is 0.720. The van der Waals surface area contributed by atoms with Gasteiger partial charge in [0.25, 0.3) is 0 Å². The van der Waals surface area contributed by atoms with Crippen LogP contribution in [0.2, 0.25) is 0 Å². The van der Waals surface area contributed by atoms with Crippen LogP contribution < -0.4 is 0 Å². The fourth-order valence-electron chi connectivity index (χ4n) is 0.646. The average Bonchev–Trinajstić information content (AvgIpc) is 1.88. The third-order valence-electron chi connectivity index (χ3n) is 1.03. The van der Waals surface area contributed by atoms with E-state index in [0.717, 1.165) is 5.56 Å². The normalized spacial score (nSPS) is 10.3. The Labute approximate surface area is 58.2 Å². The number of nitrogens with zero attached hydrogens (tertiary/aromatic N) is 2. The Morgan fingerprint density at radius 3 is 2.40 bits per heavy atom. The van der Waals surface area contributed by atoms with E-state index in [2.05, 4.69) is 9.97 Å². The summed E-state index contributed by atoms with van der Waals surface area (Å²) in [6.45, 7) is 0. The van der Waals surface area contributed by atoms with Crippen molar-refractivity contribution < 1.29 is 10.2 Å². The fraction of sp³-hybridized carbons (Fsp3) is 0.333. The summed E-state index contributed by atoms with van der Waals surface area (Å²) in [4.78, 5) is 7.41. The maximum atomic E-state index is 8.51. The molecule has 0 fully saturated rings. The topological polar surface area (TPSA) is 66.2 Å². The van der Waals surface area contributed by atoms with Gasteiger partial charge in [-0.15, -0.1) is 0 Å². The van der Waals surface area contributed by atoms with Crippen molar-refractivity contribution in [3.8, 4) is 0 Å². The van der Waals surface area contributed by atoms with Crippen LogP contribution in [-0.4, -0.2) is 26.5 Å². The molecule has 10 heavy (non-hydrogen) atoms. The van der Waals surface area contributed by atoms with Crippen LogP contribution >= 0.6 is 0 Å². The van der Waals surface area contributed by atoms with Crippen molar-refractivity contribution in [2.24, 2.45) is 0 Å². The second-order valence-electron chi connectivity index (χ2n) is 1.93. The summed E-state index contributed by atoms with van der Waals surface area (Å²) in [6.07, 6.45) is 3.36. The highest BCUT2D eigenvalue weighted by atomic mass is 16.5. The van der Waals surface area contributed by atoms with E-state index < -0.39 is 6.29 Å². The minimum absolute atomic E-state index is 0.181. The molecule has 0 atom stereocenters. The third kappa shape index (κ3) is 2.08. The van der Waals surface area contributed by atoms with Crippen LogP contribution in [0, 0.1) is 0 Å². The number of aliphatic hydroxyl groups is 2. The number of hydrogen-bond donors (Lipinski definition) is 2. The van der Waals surface area contributed by atoms with Crippen molar-refractivity contribution in [3.63, 3.8) is 0 Å². The van der Waals surface area contributed by atoms with Crippen LogP contribution in [0.25, 0.3) is 0 Å². The summed E-state index contributed by atoms with van der Waals surface area (Å²) in [5.74, 6) is 0. The number of rotatable bonds is 2. The number of aliphatic hydroxyl groups excluding tert-OH is 1. The van der Waals surface area contributed by atoms with E-state index in [1.165, 1.54) is 6.33 Å². The Hall–Kier alpha value is -1.00. The summed E-state index contributed by atoms with van der Waals surface area (Å²) in [5, 5.41) is 17.0. The highest BCUT2D eigenvalue weighted by Gasteiger charge is 1.98. The first-order chi connectivity index (χ1) is 4.79. The molecule has 0 spiro atoms. The molecule has 0 radical (unpaired) electrons. The van der Waals surface area contributed by atoms with Crippen LogP contribution in [0.1, 0.15) is 5.56 Å². The second kappa shape index (κ2) is 3.24. The van der Waals surface area contributed by atoms with Crippen molar-refractivity contribution in [1.82, 2.24) is 9.97 Å². The van der Waals surface area contributed by atoms with E-state index in [-0.39, 0.29) is 6.42 Å². The molecule has 1 heterocycles. The van der Waals surface area contributed by atoms with Crippen molar-refractivity contribution in [2.75, 3.05) is 0 Å². The van der Waals surface area contributed by atoms with Gasteiger partial charge < -0.3 is 10.2 Å². The first-order valence-electron chi connectivity index (χ1n) is 2.89. The zero-order valence-electron chi connectivity index (χ0n) is 5.31. The lowest BCUT2D eigenvalue weighted by atomic mass is 10.2. The zero-order chi connectivity index (χ0) is 7.40. The Bertz CT molecular complexity index is 188. The quantitative estimate of drug-likeness (QED) is 0.535. The van der Waals surface area contributed by atoms with Gasteiger partial charge in [-0.05, 0) is 5.56 Å². The molecule has 0 saturated carbocycles. The first-order valence-corrected chi connectivity index (χ1v) is 2.89. The molecule has 0 aliphatic carbocycles. The first kappa shape index (κ1) is 7.11. The van der Waals surface area contributed by atoms with E-state index in [1.54, 1.807) is 12.4 Å². The van der Waals surface area contributed by atoms with Crippen molar-refractivity contribution in [1.29, 1.82) is 0 Å². The van der Waals surface area contributed by atoms with Gasteiger partial charge in [0.1, 0.15) is 6.33 Å². The summed E-state index contributed by atoms with van der Waals surface area (Å²) in [7, 11) is 0. The molecular weight excluding hydrogens is 132 g/mol. The highest BCUT2D eigenvalue weighted by Crippen LogP contribution is 1.95. The van der Waals surface area contributed by atoms with Gasteiger partial charge in [0.15, 0.2) is 6.29 Å². The maximum Gasteiger partial charge on any atom is 0.155 e. The molecule has 0 aromatic carbocycles. The maximum absolute atomic E-state index is 8.51. The lowest BCUT2D eigenvalue weighted by Crippen LogP contribution is -2.08. The molecule has 4 nitrogen and oxygen atoms in total. The number of aromatic nitrogens is 2. The molecule has 4 heteroatoms. The van der Waals surface area contributed by atoms with E-state index >= 15 is 0 Å². The van der Waals surface area contributed by atoms with E-state index in [1.807, 2.05) is 0 Å². The molecule has 0 unspecified atom stereocenters. The van der Waals surface area contributed by atoms with E-state index in [9.17, 15) is 0 Å². The summed E-state index contributed by atoms with van der Waals surface area (Å²) >= 11 is 0. The van der Waals surface area contributed by atoms with Gasteiger partial charge in [-0.3, -0.25) is 0 Å². The highest BCUT2D eigenvalue weighted by molar-refractivity contribution is 5.02. The predicted molar refractivity (Wildman–Crippen MR) is 34.0 cm³/mol. The van der Waals surface area contributed by atoms with Crippen molar-refractivity contribution in [3.05, 3.63) is 24.3 Å². The van der Waals surface area contributed by atoms with Crippen molar-refractivity contribution in [2.45, 2.75) is 12.7 Å². The Kier molecular flexibility index (Phi) is 2.30. The predicted octanol–water partition coefficient (Wildman–Crippen LogP) is -0.670. The van der Waals surface area contributed by atoms with Gasteiger partial charge >= 0.3 is 0 Å². The third-order valence-corrected chi connectivity index (χ3v) is 1.03. The van der Waals surface area contributed by atoms with Crippen LogP contribution in [0.15, 0.2) is 18.7 Å². The minimum Gasteiger partial charge on any atom is -0.368 e. The molecule has 0 saturated heterocycles. The molecule has 0 aliphatic rings. The van der Waals surface area contributed by atoms with E-state index in [0.29, 0.717) is 0 Å². The Balaban J connectivity index is 2.59. The standard InChI is InChI=1S/C6H8N2O2/c9-6(10)1-5-2-7-4-8-3-5/h2-4,6,9-10H,1H2. The monoisotopic (exact) mass is 140 g/mol. The molecule has 1 rings (SSSR count). The van der Waals surface area contributed by atoms with E-state index in [4.69, 9.17) is 10.2 Å². The van der Waals surface area contributed by atoms with Gasteiger partial charge in [0, 0.05) is 18.8 Å². The average molecular weight is 140 g/mol. The number of hydrogen-bond acceptors (Lipinski definition) is 4. The van der Waals surface area contributed by atoms with Crippen molar-refractivity contribution >= 4 is 0 Å². The second-order valence-corrected chi connectivity index (χ2v) is 1.93. The molecular formula is C6H8N2O2. The van der Waals surface area contributed by atoms with Gasteiger partial charge in [0.2, 0.25) is 0 Å². The minimum atomic E-state index is -1.31. The molecule has 1 aromatic heterocycles. The molecule has 0 amide bonds. The molecule has 0 bridgehead atoms. The lowest BCUT2D eigenvalue weighted by Gasteiger charge is -2.00. The molecule has 54 valence electrons. The van der Waals surface area contributed by atoms with Crippen LogP contribution in [0.5, 0.6) is 0 Å². The van der Waals surface area contributed by atoms with Gasteiger partial charge in [-0.2, -0.15) is 0 Å². The van der Waals surface area contributed by atoms with Gasteiger partial charge in [0.05, 0.1) is 0 Å². The smallest absolute Gasteiger partial charge is 0.155 e. The van der Waals surface area contributed by atoms with Crippen LogP contribution in [-0.2, 0) is 6.42 Å². The summed E-state index contributed by atoms with van der Waals surface area (Å²) in [6, 6.07) is 0. The van der Waals surface area contributed by atoms with Crippen LogP contribution in [0.4, 0.5) is 0 Å². The summed E-state index contributed by atoms with van der Waals surface area (Å²) < 4.78 is 0.